The standard InChI is InChI=1S/C9H9NOS/c1-6-4-7-2-3-10-12-9(7)8(11)5-6/h3-5,11H,2H2,1H3. The Morgan fingerprint density at radius 3 is 3.17 bits per heavy atom. The summed E-state index contributed by atoms with van der Waals surface area (Å²) in [7, 11) is 0. The van der Waals surface area contributed by atoms with E-state index in [1.165, 1.54) is 17.5 Å². The molecule has 1 N–H and O–H groups in total. The second-order valence-corrected chi connectivity index (χ2v) is 3.66. The minimum atomic E-state index is 0.354. The number of aromatic hydroxyl groups is 1. The molecule has 1 aliphatic rings. The molecule has 2 rings (SSSR count). The Bertz CT molecular complexity index is 347. The second kappa shape index (κ2) is 2.83. The summed E-state index contributed by atoms with van der Waals surface area (Å²) >= 11 is 1.34. The van der Waals surface area contributed by atoms with Crippen LogP contribution in [0.2, 0.25) is 0 Å². The van der Waals surface area contributed by atoms with Gasteiger partial charge in [0.2, 0.25) is 0 Å². The Hall–Kier alpha value is -0.960. The van der Waals surface area contributed by atoms with Crippen molar-refractivity contribution in [3.63, 3.8) is 0 Å². The number of benzene rings is 1. The van der Waals surface area contributed by atoms with Crippen molar-refractivity contribution in [3.8, 4) is 5.75 Å². The molecular formula is C9H9NOS. The van der Waals surface area contributed by atoms with Crippen LogP contribution in [0.4, 0.5) is 0 Å². The molecule has 1 aromatic rings. The number of phenolic OH excluding ortho intramolecular Hbond substituents is 1. The first-order valence-electron chi connectivity index (χ1n) is 3.79. The number of nitrogens with zero attached hydrogens (tertiary/aromatic N) is 1. The third kappa shape index (κ3) is 1.20. The summed E-state index contributed by atoms with van der Waals surface area (Å²) in [5, 5.41) is 9.54. The van der Waals surface area contributed by atoms with Gasteiger partial charge < -0.3 is 5.11 Å². The maximum atomic E-state index is 9.54. The number of hydrogen-bond donors (Lipinski definition) is 1. The fourth-order valence-electron chi connectivity index (χ4n) is 1.31. The van der Waals surface area contributed by atoms with Crippen molar-refractivity contribution in [2.75, 3.05) is 0 Å². The zero-order valence-corrected chi connectivity index (χ0v) is 7.56. The lowest BCUT2D eigenvalue weighted by atomic mass is 10.1. The van der Waals surface area contributed by atoms with E-state index < -0.39 is 0 Å². The summed E-state index contributed by atoms with van der Waals surface area (Å²) in [5.74, 6) is 0.354. The van der Waals surface area contributed by atoms with E-state index in [4.69, 9.17) is 0 Å². The van der Waals surface area contributed by atoms with Crippen molar-refractivity contribution < 1.29 is 5.11 Å². The molecule has 1 heterocycles. The normalized spacial score (nSPS) is 14.4. The van der Waals surface area contributed by atoms with Crippen LogP contribution in [0.3, 0.4) is 0 Å². The molecule has 0 radical (unpaired) electrons. The predicted molar refractivity (Wildman–Crippen MR) is 50.9 cm³/mol. The molecule has 62 valence electrons. The highest BCUT2D eigenvalue weighted by Crippen LogP contribution is 2.35. The average Bonchev–Trinajstić information content (AvgIpc) is 2.04. The first kappa shape index (κ1) is 7.68. The molecule has 3 heteroatoms. The number of rotatable bonds is 0. The molecule has 1 aromatic carbocycles. The van der Waals surface area contributed by atoms with Crippen LogP contribution in [-0.2, 0) is 6.42 Å². The Morgan fingerprint density at radius 1 is 1.50 bits per heavy atom. The zero-order valence-electron chi connectivity index (χ0n) is 6.74. The summed E-state index contributed by atoms with van der Waals surface area (Å²) in [5.41, 5.74) is 2.27. The molecule has 12 heavy (non-hydrogen) atoms. The van der Waals surface area contributed by atoms with E-state index in [-0.39, 0.29) is 0 Å². The van der Waals surface area contributed by atoms with Gasteiger partial charge in [-0.25, -0.2) is 4.40 Å². The molecule has 1 aliphatic heterocycles. The summed E-state index contributed by atoms with van der Waals surface area (Å²) in [6, 6.07) is 3.86. The van der Waals surface area contributed by atoms with Gasteiger partial charge in [-0.3, -0.25) is 0 Å². The zero-order chi connectivity index (χ0) is 8.55. The minimum Gasteiger partial charge on any atom is -0.507 e. The molecule has 0 aromatic heterocycles. The molecule has 2 nitrogen and oxygen atoms in total. The average molecular weight is 179 g/mol. The highest BCUT2D eigenvalue weighted by atomic mass is 32.2. The molecule has 0 atom stereocenters. The van der Waals surface area contributed by atoms with E-state index >= 15 is 0 Å². The summed E-state index contributed by atoms with van der Waals surface area (Å²) in [6.07, 6.45) is 2.70. The minimum absolute atomic E-state index is 0.354. The number of hydrogen-bond acceptors (Lipinski definition) is 3. The van der Waals surface area contributed by atoms with E-state index in [1.54, 1.807) is 6.07 Å². The lowest BCUT2D eigenvalue weighted by Gasteiger charge is -2.11. The quantitative estimate of drug-likeness (QED) is 0.620. The summed E-state index contributed by atoms with van der Waals surface area (Å²) in [4.78, 5) is 0.906. The van der Waals surface area contributed by atoms with Gasteiger partial charge in [-0.05, 0) is 24.1 Å². The van der Waals surface area contributed by atoms with E-state index in [0.717, 1.165) is 16.9 Å². The van der Waals surface area contributed by atoms with Gasteiger partial charge >= 0.3 is 0 Å². The number of fused-ring (bicyclic) bond motifs is 1. The van der Waals surface area contributed by atoms with Crippen LogP contribution < -0.4 is 0 Å². The van der Waals surface area contributed by atoms with E-state index in [0.29, 0.717) is 5.75 Å². The van der Waals surface area contributed by atoms with Crippen molar-refractivity contribution in [1.29, 1.82) is 0 Å². The molecule has 0 spiro atoms. The monoisotopic (exact) mass is 179 g/mol. The van der Waals surface area contributed by atoms with Gasteiger partial charge in [0.25, 0.3) is 0 Å². The van der Waals surface area contributed by atoms with Crippen LogP contribution in [0, 0.1) is 6.92 Å². The van der Waals surface area contributed by atoms with E-state index in [2.05, 4.69) is 10.5 Å². The van der Waals surface area contributed by atoms with Gasteiger partial charge in [0.1, 0.15) is 5.75 Å². The highest BCUT2D eigenvalue weighted by molar-refractivity contribution is 7.98. The van der Waals surface area contributed by atoms with Crippen LogP contribution >= 0.6 is 11.9 Å². The molecule has 0 saturated carbocycles. The van der Waals surface area contributed by atoms with Crippen LogP contribution in [0.1, 0.15) is 11.1 Å². The maximum Gasteiger partial charge on any atom is 0.131 e. The highest BCUT2D eigenvalue weighted by Gasteiger charge is 2.11. The van der Waals surface area contributed by atoms with Crippen molar-refractivity contribution in [2.45, 2.75) is 18.2 Å². The lowest BCUT2D eigenvalue weighted by molar-refractivity contribution is 0.460. The molecule has 0 amide bonds. The SMILES string of the molecule is Cc1cc(O)c2c(c1)CC=NS2. The van der Waals surface area contributed by atoms with Crippen LogP contribution in [0.15, 0.2) is 21.4 Å². The largest absolute Gasteiger partial charge is 0.507 e. The fourth-order valence-corrected chi connectivity index (χ4v) is 1.98. The molecule has 0 saturated heterocycles. The predicted octanol–water partition coefficient (Wildman–Crippen LogP) is 2.33. The Kier molecular flexibility index (Phi) is 1.81. The van der Waals surface area contributed by atoms with Gasteiger partial charge in [-0.15, -0.1) is 0 Å². The third-order valence-corrected chi connectivity index (χ3v) is 2.73. The summed E-state index contributed by atoms with van der Waals surface area (Å²) < 4.78 is 4.04. The smallest absolute Gasteiger partial charge is 0.131 e. The van der Waals surface area contributed by atoms with Gasteiger partial charge in [0.15, 0.2) is 0 Å². The van der Waals surface area contributed by atoms with Crippen molar-refractivity contribution >= 4 is 18.2 Å². The molecular weight excluding hydrogens is 170 g/mol. The Balaban J connectivity index is 2.57. The van der Waals surface area contributed by atoms with E-state index in [9.17, 15) is 5.11 Å². The maximum absolute atomic E-state index is 9.54. The molecule has 0 unspecified atom stereocenters. The van der Waals surface area contributed by atoms with Crippen LogP contribution in [-0.4, -0.2) is 11.3 Å². The lowest BCUT2D eigenvalue weighted by Crippen LogP contribution is -1.95. The van der Waals surface area contributed by atoms with Gasteiger partial charge in [0.05, 0.1) is 4.90 Å². The molecule has 0 fully saturated rings. The van der Waals surface area contributed by atoms with Crippen LogP contribution in [0.5, 0.6) is 5.75 Å². The first-order chi connectivity index (χ1) is 5.77. The van der Waals surface area contributed by atoms with Gasteiger partial charge in [-0.1, -0.05) is 6.07 Å². The third-order valence-electron chi connectivity index (χ3n) is 1.82. The van der Waals surface area contributed by atoms with Crippen molar-refractivity contribution in [3.05, 3.63) is 23.3 Å². The topological polar surface area (TPSA) is 32.6 Å². The number of aryl methyl sites for hydroxylation is 1. The first-order valence-corrected chi connectivity index (χ1v) is 4.56. The molecule has 0 aliphatic carbocycles. The van der Waals surface area contributed by atoms with Gasteiger partial charge in [-0.2, -0.15) is 0 Å². The Labute approximate surface area is 75.5 Å². The number of phenols is 1. The summed E-state index contributed by atoms with van der Waals surface area (Å²) in [6.45, 7) is 1.98. The second-order valence-electron chi connectivity index (χ2n) is 2.86. The van der Waals surface area contributed by atoms with Crippen molar-refractivity contribution in [1.82, 2.24) is 0 Å². The molecule has 0 bridgehead atoms. The van der Waals surface area contributed by atoms with E-state index in [1.807, 2.05) is 13.1 Å². The van der Waals surface area contributed by atoms with Gasteiger partial charge in [0, 0.05) is 24.6 Å². The Morgan fingerprint density at radius 2 is 2.33 bits per heavy atom. The fraction of sp³-hybridized carbons (Fsp3) is 0.222. The van der Waals surface area contributed by atoms with Crippen LogP contribution in [0.25, 0.3) is 0 Å². The van der Waals surface area contributed by atoms with Crippen molar-refractivity contribution in [2.24, 2.45) is 4.40 Å².